The van der Waals surface area contributed by atoms with Gasteiger partial charge in [-0.25, -0.2) is 9.13 Å². The van der Waals surface area contributed by atoms with Crippen LogP contribution in [-0.2, 0) is 74.4 Å². The van der Waals surface area contributed by atoms with Crippen molar-refractivity contribution in [3.8, 4) is 0 Å². The van der Waals surface area contributed by atoms with Gasteiger partial charge in [-0.1, -0.05) is 13.5 Å². The summed E-state index contributed by atoms with van der Waals surface area (Å²) in [4.78, 5) is 9.97. The van der Waals surface area contributed by atoms with Crippen LogP contribution in [0.25, 0.3) is 0 Å². The Morgan fingerprint density at radius 1 is 0.655 bits per heavy atom. The fourth-order valence-electron chi connectivity index (χ4n) is 7.19. The Labute approximate surface area is 323 Å². The van der Waals surface area contributed by atoms with E-state index in [2.05, 4.69) is 6.58 Å². The number of aliphatic hydroxyl groups excluding tert-OH is 2. The number of rotatable bonds is 20. The Kier molecular flexibility index (Phi) is 19.5. The van der Waals surface area contributed by atoms with Crippen molar-refractivity contribution in [3.63, 3.8) is 0 Å². The molecule has 0 amide bonds. The number of methoxy groups -OCH3 is 5. The number of nitrogens with two attached hydrogens (primary N) is 1. The van der Waals surface area contributed by atoms with E-state index in [0.29, 0.717) is 6.42 Å². The van der Waals surface area contributed by atoms with E-state index in [4.69, 9.17) is 71.0 Å². The Morgan fingerprint density at radius 3 is 1.56 bits per heavy atom. The molecule has 0 radical (unpaired) electrons. The lowest BCUT2D eigenvalue weighted by Crippen LogP contribution is -2.38. The van der Waals surface area contributed by atoms with Crippen LogP contribution in [0.4, 0.5) is 0 Å². The maximum atomic E-state index is 13.5. The van der Waals surface area contributed by atoms with Gasteiger partial charge in [-0.2, -0.15) is 0 Å². The van der Waals surface area contributed by atoms with Crippen molar-refractivity contribution in [1.82, 2.24) is 0 Å². The highest BCUT2D eigenvalue weighted by Gasteiger charge is 2.51. The summed E-state index contributed by atoms with van der Waals surface area (Å²) in [6, 6.07) is 0. The third kappa shape index (κ3) is 12.4. The summed E-state index contributed by atoms with van der Waals surface area (Å²) < 4.78 is 102. The summed E-state index contributed by atoms with van der Waals surface area (Å²) in [6.45, 7) is 11.9. The first-order valence-electron chi connectivity index (χ1n) is 18.2. The van der Waals surface area contributed by atoms with Crippen molar-refractivity contribution in [1.29, 1.82) is 0 Å². The zero-order valence-electron chi connectivity index (χ0n) is 33.3. The Morgan fingerprint density at radius 2 is 1.09 bits per heavy atom. The molecule has 4 saturated heterocycles. The average Bonchev–Trinajstić information content (AvgIpc) is 3.83. The highest BCUT2D eigenvalue weighted by Crippen LogP contribution is 2.55. The highest BCUT2D eigenvalue weighted by atomic mass is 31.2. The lowest BCUT2D eigenvalue weighted by molar-refractivity contribution is -0.0487. The molecule has 324 valence electrons. The van der Waals surface area contributed by atoms with Crippen LogP contribution in [0.15, 0.2) is 12.3 Å². The van der Waals surface area contributed by atoms with Gasteiger partial charge in [0.15, 0.2) is 0 Å². The van der Waals surface area contributed by atoms with Gasteiger partial charge in [0.05, 0.1) is 56.9 Å². The Bertz CT molecular complexity index is 1270. The predicted octanol–water partition coefficient (Wildman–Crippen LogP) is 1.46. The number of phosphoric ester groups is 2. The minimum absolute atomic E-state index is 0.0391. The molecule has 0 aromatic carbocycles. The van der Waals surface area contributed by atoms with Crippen molar-refractivity contribution in [2.75, 3.05) is 61.9 Å². The monoisotopic (exact) mass is 839 g/mol. The van der Waals surface area contributed by atoms with Gasteiger partial charge in [0.25, 0.3) is 0 Å². The van der Waals surface area contributed by atoms with Crippen molar-refractivity contribution in [2.24, 2.45) is 5.73 Å². The molecule has 6 unspecified atom stereocenters. The van der Waals surface area contributed by atoms with Crippen molar-refractivity contribution in [3.05, 3.63) is 12.3 Å². The highest BCUT2D eigenvalue weighted by molar-refractivity contribution is 7.48. The summed E-state index contributed by atoms with van der Waals surface area (Å²) in [7, 11) is -1.08. The quantitative estimate of drug-likeness (QED) is 0.100. The summed E-state index contributed by atoms with van der Waals surface area (Å²) in [5, 5.41) is 19.4. The van der Waals surface area contributed by atoms with Crippen LogP contribution in [0.5, 0.6) is 0 Å². The molecule has 4 fully saturated rings. The van der Waals surface area contributed by atoms with Crippen LogP contribution >= 0.6 is 15.6 Å². The van der Waals surface area contributed by atoms with Gasteiger partial charge in [0.1, 0.15) is 72.9 Å². The third-order valence-electron chi connectivity index (χ3n) is 9.91. The van der Waals surface area contributed by atoms with Crippen molar-refractivity contribution < 1.29 is 89.5 Å². The van der Waals surface area contributed by atoms with Gasteiger partial charge in [-0.15, -0.1) is 0 Å². The van der Waals surface area contributed by atoms with E-state index in [9.17, 15) is 24.2 Å². The minimum Gasteiger partial charge on any atom is -0.408 e. The lowest BCUT2D eigenvalue weighted by Gasteiger charge is -2.28. The minimum atomic E-state index is -4.50. The molecule has 0 spiro atoms. The second-order valence-corrected chi connectivity index (χ2v) is 16.5. The van der Waals surface area contributed by atoms with E-state index in [0.717, 1.165) is 0 Å². The summed E-state index contributed by atoms with van der Waals surface area (Å²) in [5.74, 6) is 0.0751. The van der Waals surface area contributed by atoms with Crippen LogP contribution in [0, 0.1) is 0 Å². The van der Waals surface area contributed by atoms with Gasteiger partial charge >= 0.3 is 15.6 Å². The number of phosphoric acid groups is 2. The smallest absolute Gasteiger partial charge is 0.408 e. The molecule has 0 bridgehead atoms. The summed E-state index contributed by atoms with van der Waals surface area (Å²) >= 11 is 0. The maximum absolute atomic E-state index is 13.5. The molecule has 55 heavy (non-hydrogen) atoms. The molecule has 0 saturated carbocycles. The molecule has 4 heterocycles. The maximum Gasteiger partial charge on any atom is 0.530 e. The second kappa shape index (κ2) is 22.1. The lowest BCUT2D eigenvalue weighted by atomic mass is 10.1. The molecular formula is C33H63NO19P2. The van der Waals surface area contributed by atoms with Crippen LogP contribution in [0.3, 0.4) is 0 Å². The van der Waals surface area contributed by atoms with Gasteiger partial charge in [0, 0.05) is 35.5 Å². The third-order valence-corrected chi connectivity index (χ3v) is 12.3. The molecule has 22 heteroatoms. The molecule has 18 atom stereocenters. The summed E-state index contributed by atoms with van der Waals surface area (Å²) in [6.07, 6.45) is -8.04. The molecule has 4 aliphatic rings. The molecule has 20 nitrogen and oxygen atoms in total. The van der Waals surface area contributed by atoms with E-state index >= 15 is 0 Å². The van der Waals surface area contributed by atoms with Gasteiger partial charge in [-0.05, 0) is 34.1 Å². The standard InChI is InChI=1S/C19H36NO9P.C14H27O10P/c1-8-14-19(17(23-6)13(4)26-14)29-30(21,28-11(2)9-20)25-10-15-18(24-7)16(22-5)12(3)27-15;1-7-12(19-3)11(16)10(23-7)6-21-25(17,18)24-14-9(5-15)22-8(2)13(14)20-4/h12-19H,2,8-10,20H2,1,3-7H3;7-16H,5-6H2,1-4H3,(H,17,18)/t12-,13-,14+,15+,16+,17+,18?,19?,30?;7-,8-,9+,10+,11?,12+,13+,14?/m00/s1. The Balaban J connectivity index is 0.000000300. The topological polar surface area (TPSA) is 250 Å². The van der Waals surface area contributed by atoms with Gasteiger partial charge in [-0.3, -0.25) is 18.1 Å². The number of aliphatic hydroxyl groups is 2. The molecular weight excluding hydrogens is 776 g/mol. The van der Waals surface area contributed by atoms with E-state index in [1.54, 1.807) is 35.2 Å². The van der Waals surface area contributed by atoms with E-state index in [-0.39, 0.29) is 56.0 Å². The fourth-order valence-corrected chi connectivity index (χ4v) is 9.58. The van der Waals surface area contributed by atoms with E-state index in [1.807, 2.05) is 20.8 Å². The zero-order valence-corrected chi connectivity index (χ0v) is 35.1. The van der Waals surface area contributed by atoms with Crippen molar-refractivity contribution in [2.45, 2.75) is 139 Å². The van der Waals surface area contributed by atoms with E-state index < -0.39 is 89.4 Å². The molecule has 4 rings (SSSR count). The zero-order chi connectivity index (χ0) is 41.2. The molecule has 0 aromatic heterocycles. The largest absolute Gasteiger partial charge is 0.530 e. The van der Waals surface area contributed by atoms with E-state index in [1.165, 1.54) is 14.2 Å². The molecule has 0 aromatic rings. The number of hydrogen-bond donors (Lipinski definition) is 4. The van der Waals surface area contributed by atoms with Crippen LogP contribution in [0.1, 0.15) is 41.0 Å². The normalized spacial score (nSPS) is 41.1. The predicted molar refractivity (Wildman–Crippen MR) is 193 cm³/mol. The fraction of sp³-hybridized carbons (Fsp3) is 0.939. The first kappa shape index (κ1) is 48.7. The molecule has 5 N–H and O–H groups in total. The van der Waals surface area contributed by atoms with Gasteiger partial charge in [0.2, 0.25) is 0 Å². The Hall–Kier alpha value is -0.680. The number of hydrogen-bond acceptors (Lipinski definition) is 19. The second-order valence-electron chi connectivity index (χ2n) is 13.6. The average molecular weight is 840 g/mol. The summed E-state index contributed by atoms with van der Waals surface area (Å²) in [5.41, 5.74) is 5.57. The van der Waals surface area contributed by atoms with Crippen LogP contribution < -0.4 is 5.73 Å². The van der Waals surface area contributed by atoms with Crippen LogP contribution in [0.2, 0.25) is 0 Å². The van der Waals surface area contributed by atoms with Gasteiger partial charge < -0.3 is 68.0 Å². The molecule has 0 aliphatic carbocycles. The van der Waals surface area contributed by atoms with Crippen molar-refractivity contribution >= 4 is 15.6 Å². The molecule has 4 aliphatic heterocycles. The van der Waals surface area contributed by atoms with Crippen LogP contribution in [-0.4, -0.2) is 175 Å². The first-order chi connectivity index (χ1) is 26.0. The SMILES string of the molecule is C=C(CN)OP(=O)(OC[C@H]1O[C@@H](C)[C@@H](OC)C1OC)OC1[C@@H](CC)O[C@@H](C)[C@H]1OC.CO[C@H]1C(O)[C@@H](COP(=O)(O)OC2[C@@H](CO)O[C@@H](C)[C@H]2OC)O[C@H]1C. The number of ether oxygens (including phenoxy) is 9. The first-order valence-corrected chi connectivity index (χ1v) is 21.1.